The van der Waals surface area contributed by atoms with Crippen LogP contribution in [0.2, 0.25) is 0 Å². The monoisotopic (exact) mass is 395 g/mol. The number of hydrogen-bond donors (Lipinski definition) is 1. The van der Waals surface area contributed by atoms with Crippen molar-refractivity contribution in [3.8, 4) is 10.4 Å². The zero-order valence-corrected chi connectivity index (χ0v) is 16.1. The van der Waals surface area contributed by atoms with E-state index >= 15 is 0 Å². The van der Waals surface area contributed by atoms with Gasteiger partial charge in [-0.05, 0) is 38.2 Å². The number of nitrogens with two attached hydrogens (primary N) is 1. The van der Waals surface area contributed by atoms with E-state index < -0.39 is 0 Å². The molecule has 1 saturated heterocycles. The molecule has 1 unspecified atom stereocenters. The van der Waals surface area contributed by atoms with Crippen LogP contribution in [0.15, 0.2) is 24.3 Å². The predicted molar refractivity (Wildman–Crippen MR) is 104 cm³/mol. The van der Waals surface area contributed by atoms with E-state index in [-0.39, 0.29) is 30.2 Å². The van der Waals surface area contributed by atoms with Crippen LogP contribution in [0.1, 0.15) is 53.5 Å². The number of halogens is 2. The van der Waals surface area contributed by atoms with Crippen LogP contribution in [0, 0.1) is 5.82 Å². The first-order valence-electron chi connectivity index (χ1n) is 8.95. The van der Waals surface area contributed by atoms with Crippen molar-refractivity contribution < 1.29 is 9.18 Å². The highest BCUT2D eigenvalue weighted by atomic mass is 35.5. The van der Waals surface area contributed by atoms with Gasteiger partial charge in [0.2, 0.25) is 0 Å². The van der Waals surface area contributed by atoms with Gasteiger partial charge in [-0.1, -0.05) is 18.2 Å². The van der Waals surface area contributed by atoms with Crippen molar-refractivity contribution in [3.63, 3.8) is 0 Å². The number of rotatable bonds is 4. The van der Waals surface area contributed by atoms with Crippen LogP contribution in [-0.4, -0.2) is 34.9 Å². The zero-order chi connectivity index (χ0) is 17.4. The van der Waals surface area contributed by atoms with Crippen LogP contribution in [0.4, 0.5) is 4.39 Å². The fourth-order valence-corrected chi connectivity index (χ4v) is 4.72. The quantitative estimate of drug-likeness (QED) is 0.843. The normalized spacial score (nSPS) is 19.9. The van der Waals surface area contributed by atoms with Crippen molar-refractivity contribution in [1.82, 2.24) is 9.88 Å². The summed E-state index contributed by atoms with van der Waals surface area (Å²) in [4.78, 5) is 20.4. The van der Waals surface area contributed by atoms with Crippen LogP contribution in [0.3, 0.4) is 0 Å². The molecule has 4 nitrogen and oxygen atoms in total. The molecular weight excluding hydrogens is 373 g/mol. The number of amides is 1. The first-order valence-corrected chi connectivity index (χ1v) is 9.77. The van der Waals surface area contributed by atoms with Gasteiger partial charge in [-0.3, -0.25) is 4.79 Å². The molecule has 7 heteroatoms. The molecule has 140 valence electrons. The number of carbonyl (C=O) groups is 1. The number of carbonyl (C=O) groups excluding carboxylic acids is 1. The highest BCUT2D eigenvalue weighted by molar-refractivity contribution is 7.15. The SMILES string of the molecule is Cl.NCC1CCCCN1C(=O)c1nc(C2CC2)sc1-c1ccccc1F. The number of hydrogen-bond acceptors (Lipinski definition) is 4. The molecule has 1 aromatic carbocycles. The van der Waals surface area contributed by atoms with Crippen molar-refractivity contribution in [2.24, 2.45) is 5.73 Å². The fraction of sp³-hybridized carbons (Fsp3) is 0.474. The number of nitrogens with zero attached hydrogens (tertiary/aromatic N) is 2. The maximum atomic E-state index is 14.4. The Bertz CT molecular complexity index is 793. The first-order chi connectivity index (χ1) is 12.2. The second-order valence-electron chi connectivity index (χ2n) is 6.87. The van der Waals surface area contributed by atoms with Gasteiger partial charge in [-0.15, -0.1) is 23.7 Å². The lowest BCUT2D eigenvalue weighted by molar-refractivity contribution is 0.0618. The number of aromatic nitrogens is 1. The van der Waals surface area contributed by atoms with Crippen molar-refractivity contribution in [1.29, 1.82) is 0 Å². The lowest BCUT2D eigenvalue weighted by Gasteiger charge is -2.34. The summed E-state index contributed by atoms with van der Waals surface area (Å²) in [5.74, 6) is 0.0249. The molecule has 0 bridgehead atoms. The standard InChI is InChI=1S/C19H22FN3OS.ClH/c20-15-7-2-1-6-14(15)17-16(22-18(25-17)12-8-9-12)19(24)23-10-4-3-5-13(23)11-21;/h1-2,6-7,12-13H,3-5,8-11,21H2;1H. The summed E-state index contributed by atoms with van der Waals surface area (Å²) in [6, 6.07) is 6.68. The smallest absolute Gasteiger partial charge is 0.274 e. The van der Waals surface area contributed by atoms with E-state index in [0.717, 1.165) is 37.1 Å². The number of likely N-dealkylation sites (tertiary alicyclic amines) is 1. The topological polar surface area (TPSA) is 59.2 Å². The Morgan fingerprint density at radius 3 is 2.73 bits per heavy atom. The number of piperidine rings is 1. The summed E-state index contributed by atoms with van der Waals surface area (Å²) in [6.45, 7) is 1.16. The van der Waals surface area contributed by atoms with Crippen LogP contribution < -0.4 is 5.73 Å². The fourth-order valence-electron chi connectivity index (χ4n) is 3.46. The molecule has 4 rings (SSSR count). The highest BCUT2D eigenvalue weighted by Crippen LogP contribution is 2.45. The third kappa shape index (κ3) is 3.63. The molecule has 2 heterocycles. The van der Waals surface area contributed by atoms with Crippen LogP contribution in [0.25, 0.3) is 10.4 Å². The van der Waals surface area contributed by atoms with Gasteiger partial charge in [-0.25, -0.2) is 9.37 Å². The third-order valence-corrected chi connectivity index (χ3v) is 6.30. The van der Waals surface area contributed by atoms with Crippen LogP contribution in [-0.2, 0) is 0 Å². The number of thiazole rings is 1. The zero-order valence-electron chi connectivity index (χ0n) is 14.5. The number of benzene rings is 1. The van der Waals surface area contributed by atoms with Crippen molar-refractivity contribution in [2.75, 3.05) is 13.1 Å². The van der Waals surface area contributed by atoms with Crippen molar-refractivity contribution >= 4 is 29.7 Å². The van der Waals surface area contributed by atoms with Gasteiger partial charge in [0.15, 0.2) is 0 Å². The van der Waals surface area contributed by atoms with E-state index in [1.165, 1.54) is 17.4 Å². The molecule has 1 aliphatic heterocycles. The molecule has 26 heavy (non-hydrogen) atoms. The summed E-state index contributed by atoms with van der Waals surface area (Å²) in [5.41, 5.74) is 6.74. The van der Waals surface area contributed by atoms with Crippen LogP contribution in [0.5, 0.6) is 0 Å². The summed E-state index contributed by atoms with van der Waals surface area (Å²) < 4.78 is 14.4. The second-order valence-corrected chi connectivity index (χ2v) is 7.90. The largest absolute Gasteiger partial charge is 0.333 e. The van der Waals surface area contributed by atoms with E-state index in [4.69, 9.17) is 5.73 Å². The Morgan fingerprint density at radius 1 is 1.27 bits per heavy atom. The molecule has 0 radical (unpaired) electrons. The Labute approximate surface area is 163 Å². The average Bonchev–Trinajstić information content (AvgIpc) is 3.41. The van der Waals surface area contributed by atoms with Gasteiger partial charge >= 0.3 is 0 Å². The first kappa shape index (κ1) is 19.3. The molecule has 0 spiro atoms. The van der Waals surface area contributed by atoms with E-state index in [1.54, 1.807) is 18.2 Å². The van der Waals surface area contributed by atoms with Gasteiger partial charge in [0.1, 0.15) is 11.5 Å². The minimum atomic E-state index is -0.309. The second kappa shape index (κ2) is 8.03. The van der Waals surface area contributed by atoms with Gasteiger partial charge in [0.25, 0.3) is 5.91 Å². The Kier molecular flexibility index (Phi) is 5.95. The molecule has 2 fully saturated rings. The molecule has 2 N–H and O–H groups in total. The van der Waals surface area contributed by atoms with Gasteiger partial charge in [0, 0.05) is 30.6 Å². The minimum Gasteiger partial charge on any atom is -0.333 e. The van der Waals surface area contributed by atoms with Crippen molar-refractivity contribution in [2.45, 2.75) is 44.1 Å². The van der Waals surface area contributed by atoms with Gasteiger partial charge in [-0.2, -0.15) is 0 Å². The molecule has 1 saturated carbocycles. The average molecular weight is 396 g/mol. The lowest BCUT2D eigenvalue weighted by Crippen LogP contribution is -2.47. The molecule has 2 aliphatic rings. The maximum Gasteiger partial charge on any atom is 0.274 e. The van der Waals surface area contributed by atoms with E-state index in [1.807, 2.05) is 4.90 Å². The molecular formula is C19H23ClFN3OS. The summed E-state index contributed by atoms with van der Waals surface area (Å²) >= 11 is 1.47. The van der Waals surface area contributed by atoms with E-state index in [9.17, 15) is 9.18 Å². The van der Waals surface area contributed by atoms with Crippen molar-refractivity contribution in [3.05, 3.63) is 40.8 Å². The lowest BCUT2D eigenvalue weighted by atomic mass is 10.0. The molecule has 2 aromatic rings. The van der Waals surface area contributed by atoms with Crippen LogP contribution >= 0.6 is 23.7 Å². The molecule has 1 atom stereocenters. The third-order valence-electron chi connectivity index (χ3n) is 5.05. The minimum absolute atomic E-state index is 0. The Morgan fingerprint density at radius 2 is 2.04 bits per heavy atom. The molecule has 1 amide bonds. The summed E-state index contributed by atoms with van der Waals surface area (Å²) in [5, 5.41) is 0.961. The highest BCUT2D eigenvalue weighted by Gasteiger charge is 2.34. The van der Waals surface area contributed by atoms with E-state index in [0.29, 0.717) is 35.1 Å². The Balaban J connectivity index is 0.00000196. The molecule has 1 aromatic heterocycles. The summed E-state index contributed by atoms with van der Waals surface area (Å²) in [6.07, 6.45) is 5.21. The molecule has 1 aliphatic carbocycles. The maximum absolute atomic E-state index is 14.4. The van der Waals surface area contributed by atoms with E-state index in [2.05, 4.69) is 4.98 Å². The van der Waals surface area contributed by atoms with Gasteiger partial charge in [0.05, 0.1) is 9.88 Å². The summed E-state index contributed by atoms with van der Waals surface area (Å²) in [7, 11) is 0. The van der Waals surface area contributed by atoms with Gasteiger partial charge < -0.3 is 10.6 Å². The Hall–Kier alpha value is -1.50. The predicted octanol–water partition coefficient (Wildman–Crippen LogP) is 4.20.